The highest BCUT2D eigenvalue weighted by Crippen LogP contribution is 2.17. The maximum absolute atomic E-state index is 3.64. The van der Waals surface area contributed by atoms with Gasteiger partial charge in [0.05, 0.1) is 0 Å². The van der Waals surface area contributed by atoms with Crippen molar-refractivity contribution in [3.63, 3.8) is 0 Å². The van der Waals surface area contributed by atoms with Crippen LogP contribution in [0, 0.1) is 5.92 Å². The van der Waals surface area contributed by atoms with Gasteiger partial charge in [0.15, 0.2) is 0 Å². The number of rotatable bonds is 8. The fraction of sp³-hybridized carbons (Fsp3) is 1.00. The van der Waals surface area contributed by atoms with Crippen LogP contribution in [-0.2, 0) is 0 Å². The molecule has 0 bridgehead atoms. The van der Waals surface area contributed by atoms with Crippen LogP contribution >= 0.6 is 0 Å². The molecular weight excluding hydrogens is 234 g/mol. The fourth-order valence-corrected chi connectivity index (χ4v) is 3.46. The summed E-state index contributed by atoms with van der Waals surface area (Å²) in [4.78, 5) is 5.37. The Bertz CT molecular complexity index is 236. The van der Waals surface area contributed by atoms with Gasteiger partial charge in [0, 0.05) is 12.6 Å². The lowest BCUT2D eigenvalue weighted by molar-refractivity contribution is 0.225. The molecule has 0 aliphatic carbocycles. The van der Waals surface area contributed by atoms with Crippen LogP contribution in [-0.4, -0.2) is 61.7 Å². The summed E-state index contributed by atoms with van der Waals surface area (Å²) in [6.07, 6.45) is 7.00. The molecule has 1 N–H and O–H groups in total. The van der Waals surface area contributed by atoms with Crippen molar-refractivity contribution in [2.75, 3.05) is 45.8 Å². The molecule has 0 aromatic rings. The van der Waals surface area contributed by atoms with Gasteiger partial charge in [-0.1, -0.05) is 13.8 Å². The molecule has 2 saturated heterocycles. The van der Waals surface area contributed by atoms with Crippen LogP contribution < -0.4 is 5.32 Å². The van der Waals surface area contributed by atoms with Gasteiger partial charge in [0.2, 0.25) is 0 Å². The van der Waals surface area contributed by atoms with Gasteiger partial charge in [0.25, 0.3) is 0 Å². The second-order valence-electron chi connectivity index (χ2n) is 6.79. The first-order chi connectivity index (χ1) is 9.25. The third kappa shape index (κ3) is 5.41. The zero-order valence-corrected chi connectivity index (χ0v) is 13.0. The molecule has 0 spiro atoms. The monoisotopic (exact) mass is 267 g/mol. The van der Waals surface area contributed by atoms with Crippen LogP contribution in [0.2, 0.25) is 0 Å². The van der Waals surface area contributed by atoms with Crippen molar-refractivity contribution >= 4 is 0 Å². The third-order valence-electron chi connectivity index (χ3n) is 4.55. The number of hydrogen-bond donors (Lipinski definition) is 1. The zero-order valence-electron chi connectivity index (χ0n) is 13.0. The number of nitrogens with zero attached hydrogens (tertiary/aromatic N) is 2. The quantitative estimate of drug-likeness (QED) is 0.727. The molecule has 0 aromatic heterocycles. The minimum atomic E-state index is 0.769. The highest BCUT2D eigenvalue weighted by Gasteiger charge is 2.23. The summed E-state index contributed by atoms with van der Waals surface area (Å²) in [5.74, 6) is 0.769. The summed E-state index contributed by atoms with van der Waals surface area (Å²) in [5, 5.41) is 3.64. The van der Waals surface area contributed by atoms with Crippen molar-refractivity contribution in [2.24, 2.45) is 5.92 Å². The first-order valence-electron chi connectivity index (χ1n) is 8.43. The van der Waals surface area contributed by atoms with Crippen molar-refractivity contribution < 1.29 is 0 Å². The number of likely N-dealkylation sites (tertiary alicyclic amines) is 2. The van der Waals surface area contributed by atoms with E-state index in [0.717, 1.165) is 18.5 Å². The Morgan fingerprint density at radius 1 is 1.05 bits per heavy atom. The highest BCUT2D eigenvalue weighted by atomic mass is 15.2. The van der Waals surface area contributed by atoms with Crippen molar-refractivity contribution in [2.45, 2.75) is 52.0 Å². The van der Waals surface area contributed by atoms with Gasteiger partial charge in [-0.15, -0.1) is 0 Å². The average Bonchev–Trinajstić information content (AvgIpc) is 3.01. The Morgan fingerprint density at radius 3 is 2.58 bits per heavy atom. The number of nitrogens with one attached hydrogen (secondary N) is 1. The van der Waals surface area contributed by atoms with Crippen LogP contribution in [0.15, 0.2) is 0 Å². The summed E-state index contributed by atoms with van der Waals surface area (Å²) < 4.78 is 0. The second kappa shape index (κ2) is 8.23. The molecule has 112 valence electrons. The van der Waals surface area contributed by atoms with Crippen molar-refractivity contribution in [1.82, 2.24) is 15.1 Å². The Labute approximate surface area is 119 Å². The SMILES string of the molecule is CC(C)CNCC1CCCN1CCCN1CCCC1. The Balaban J connectivity index is 1.58. The van der Waals surface area contributed by atoms with E-state index in [9.17, 15) is 0 Å². The summed E-state index contributed by atoms with van der Waals surface area (Å²) in [7, 11) is 0. The summed E-state index contributed by atoms with van der Waals surface area (Å²) in [6.45, 7) is 13.6. The molecule has 0 radical (unpaired) electrons. The molecule has 2 aliphatic heterocycles. The van der Waals surface area contributed by atoms with Gasteiger partial charge in [-0.3, -0.25) is 4.90 Å². The summed E-state index contributed by atoms with van der Waals surface area (Å²) >= 11 is 0. The molecular formula is C16H33N3. The topological polar surface area (TPSA) is 18.5 Å². The smallest absolute Gasteiger partial charge is 0.0221 e. The molecule has 0 saturated carbocycles. The summed E-state index contributed by atoms with van der Waals surface area (Å²) in [5.41, 5.74) is 0. The predicted octanol–water partition coefficient (Wildman–Crippen LogP) is 2.18. The van der Waals surface area contributed by atoms with Crippen molar-refractivity contribution in [3.8, 4) is 0 Å². The van der Waals surface area contributed by atoms with Crippen molar-refractivity contribution in [3.05, 3.63) is 0 Å². The minimum Gasteiger partial charge on any atom is -0.315 e. The third-order valence-corrected chi connectivity index (χ3v) is 4.55. The van der Waals surface area contributed by atoms with E-state index in [0.29, 0.717) is 0 Å². The highest BCUT2D eigenvalue weighted by molar-refractivity contribution is 4.81. The van der Waals surface area contributed by atoms with Crippen LogP contribution in [0.4, 0.5) is 0 Å². The van der Waals surface area contributed by atoms with Gasteiger partial charge in [-0.25, -0.2) is 0 Å². The van der Waals surface area contributed by atoms with E-state index in [4.69, 9.17) is 0 Å². The Morgan fingerprint density at radius 2 is 1.84 bits per heavy atom. The molecule has 3 heteroatoms. The maximum atomic E-state index is 3.64. The molecule has 19 heavy (non-hydrogen) atoms. The standard InChI is InChI=1S/C16H33N3/c1-15(2)13-17-14-16-7-5-11-19(16)12-6-10-18-8-3-4-9-18/h15-17H,3-14H2,1-2H3. The van der Waals surface area contributed by atoms with E-state index >= 15 is 0 Å². The molecule has 3 nitrogen and oxygen atoms in total. The molecule has 0 aromatic carbocycles. The average molecular weight is 267 g/mol. The molecule has 1 unspecified atom stereocenters. The normalized spacial score (nSPS) is 25.7. The van der Waals surface area contributed by atoms with E-state index in [1.54, 1.807) is 0 Å². The largest absolute Gasteiger partial charge is 0.315 e. The van der Waals surface area contributed by atoms with E-state index in [2.05, 4.69) is 29.0 Å². The molecule has 2 rings (SSSR count). The second-order valence-corrected chi connectivity index (χ2v) is 6.79. The lowest BCUT2D eigenvalue weighted by Crippen LogP contribution is -2.40. The maximum Gasteiger partial charge on any atom is 0.0221 e. The lowest BCUT2D eigenvalue weighted by atomic mass is 10.2. The van der Waals surface area contributed by atoms with E-state index in [-0.39, 0.29) is 0 Å². The fourth-order valence-electron chi connectivity index (χ4n) is 3.46. The van der Waals surface area contributed by atoms with E-state index in [1.807, 2.05) is 0 Å². The van der Waals surface area contributed by atoms with Gasteiger partial charge in [-0.05, 0) is 77.3 Å². The minimum absolute atomic E-state index is 0.769. The van der Waals surface area contributed by atoms with E-state index in [1.165, 1.54) is 71.4 Å². The van der Waals surface area contributed by atoms with Crippen LogP contribution in [0.1, 0.15) is 46.0 Å². The molecule has 2 fully saturated rings. The van der Waals surface area contributed by atoms with Gasteiger partial charge in [0.1, 0.15) is 0 Å². The Kier molecular flexibility index (Phi) is 6.62. The van der Waals surface area contributed by atoms with Crippen LogP contribution in [0.5, 0.6) is 0 Å². The van der Waals surface area contributed by atoms with Crippen LogP contribution in [0.25, 0.3) is 0 Å². The molecule has 2 heterocycles. The number of hydrogen-bond acceptors (Lipinski definition) is 3. The molecule has 0 amide bonds. The Hall–Kier alpha value is -0.120. The lowest BCUT2D eigenvalue weighted by Gasteiger charge is -2.26. The summed E-state index contributed by atoms with van der Waals surface area (Å²) in [6, 6.07) is 0.803. The predicted molar refractivity (Wildman–Crippen MR) is 82.6 cm³/mol. The van der Waals surface area contributed by atoms with Gasteiger partial charge >= 0.3 is 0 Å². The van der Waals surface area contributed by atoms with Crippen molar-refractivity contribution in [1.29, 1.82) is 0 Å². The first kappa shape index (κ1) is 15.3. The zero-order chi connectivity index (χ0) is 13.5. The van der Waals surface area contributed by atoms with Gasteiger partial charge < -0.3 is 10.2 Å². The van der Waals surface area contributed by atoms with Gasteiger partial charge in [-0.2, -0.15) is 0 Å². The van der Waals surface area contributed by atoms with Crippen LogP contribution in [0.3, 0.4) is 0 Å². The van der Waals surface area contributed by atoms with E-state index < -0.39 is 0 Å². The molecule has 2 aliphatic rings. The first-order valence-corrected chi connectivity index (χ1v) is 8.43. The molecule has 1 atom stereocenters.